The number of hydrogen-bond donors (Lipinski definition) is 1. The predicted molar refractivity (Wildman–Crippen MR) is 125 cm³/mol. The van der Waals surface area contributed by atoms with Crippen LogP contribution in [-0.4, -0.2) is 59.4 Å². The van der Waals surface area contributed by atoms with Crippen molar-refractivity contribution in [3.8, 4) is 5.88 Å². The zero-order valence-corrected chi connectivity index (χ0v) is 19.6. The standard InChI is InChI=1S/C23H28N4O5S/c1-4-26(16-19-9-7-13-24-14-19)22(28)17-27(20-10-11-21(32-3)25-15-20)33(30,31)23(29)12-6-5-8-18(23)2/h5-15,18,29H,4,16-17H2,1-3H3. The third-order valence-corrected chi connectivity index (χ3v) is 7.78. The first-order chi connectivity index (χ1) is 15.7. The summed E-state index contributed by atoms with van der Waals surface area (Å²) >= 11 is 0. The van der Waals surface area contributed by atoms with Gasteiger partial charge in [-0.2, -0.15) is 0 Å². The van der Waals surface area contributed by atoms with Gasteiger partial charge in [0, 0.05) is 37.5 Å². The average Bonchev–Trinajstić information content (AvgIpc) is 2.83. The number of hydrogen-bond acceptors (Lipinski definition) is 7. The molecular weight excluding hydrogens is 444 g/mol. The molecule has 9 nitrogen and oxygen atoms in total. The van der Waals surface area contributed by atoms with E-state index in [1.807, 2.05) is 13.0 Å². The molecule has 2 heterocycles. The Balaban J connectivity index is 1.97. The first-order valence-electron chi connectivity index (χ1n) is 10.5. The Hall–Kier alpha value is -3.24. The Morgan fingerprint density at radius 1 is 1.24 bits per heavy atom. The van der Waals surface area contributed by atoms with Gasteiger partial charge in [-0.1, -0.05) is 31.2 Å². The summed E-state index contributed by atoms with van der Waals surface area (Å²) in [4.78, 5) is 20.7. The molecule has 0 saturated heterocycles. The fourth-order valence-electron chi connectivity index (χ4n) is 3.48. The summed E-state index contributed by atoms with van der Waals surface area (Å²) in [5, 5.41) is 11.2. The van der Waals surface area contributed by atoms with Gasteiger partial charge >= 0.3 is 0 Å². The zero-order valence-electron chi connectivity index (χ0n) is 18.8. The maximum absolute atomic E-state index is 13.7. The minimum absolute atomic E-state index is 0.144. The van der Waals surface area contributed by atoms with Crippen LogP contribution in [0.15, 0.2) is 67.2 Å². The van der Waals surface area contributed by atoms with E-state index >= 15 is 0 Å². The summed E-state index contributed by atoms with van der Waals surface area (Å²) in [5.74, 6) is -0.858. The van der Waals surface area contributed by atoms with Crippen LogP contribution in [0.5, 0.6) is 5.88 Å². The predicted octanol–water partition coefficient (Wildman–Crippen LogP) is 2.12. The zero-order chi connectivity index (χ0) is 24.1. The monoisotopic (exact) mass is 472 g/mol. The fraction of sp³-hybridized carbons (Fsp3) is 0.348. The van der Waals surface area contributed by atoms with E-state index < -0.39 is 33.3 Å². The Bertz CT molecular complexity index is 1120. The molecule has 176 valence electrons. The molecule has 0 spiro atoms. The third kappa shape index (κ3) is 5.07. The van der Waals surface area contributed by atoms with Crippen LogP contribution in [0.2, 0.25) is 0 Å². The van der Waals surface area contributed by atoms with Gasteiger partial charge < -0.3 is 14.7 Å². The van der Waals surface area contributed by atoms with Crippen LogP contribution in [-0.2, 0) is 21.4 Å². The second-order valence-electron chi connectivity index (χ2n) is 7.62. The van der Waals surface area contributed by atoms with Gasteiger partial charge in [-0.15, -0.1) is 0 Å². The molecule has 1 aliphatic rings. The van der Waals surface area contributed by atoms with Crippen molar-refractivity contribution in [2.75, 3.05) is 24.5 Å². The molecule has 0 bridgehead atoms. The van der Waals surface area contributed by atoms with Crippen molar-refractivity contribution < 1.29 is 23.1 Å². The summed E-state index contributed by atoms with van der Waals surface area (Å²) in [7, 11) is -3.00. The molecule has 33 heavy (non-hydrogen) atoms. The number of anilines is 1. The van der Waals surface area contributed by atoms with Gasteiger partial charge in [-0.3, -0.25) is 14.1 Å². The van der Waals surface area contributed by atoms with Crippen molar-refractivity contribution in [2.45, 2.75) is 25.3 Å². The van der Waals surface area contributed by atoms with Gasteiger partial charge in [0.1, 0.15) is 6.54 Å². The number of carbonyl (C=O) groups is 1. The highest BCUT2D eigenvalue weighted by molar-refractivity contribution is 7.94. The van der Waals surface area contributed by atoms with Gasteiger partial charge in [0.2, 0.25) is 16.7 Å². The van der Waals surface area contributed by atoms with Crippen molar-refractivity contribution in [3.63, 3.8) is 0 Å². The lowest BCUT2D eigenvalue weighted by molar-refractivity contribution is -0.129. The highest BCUT2D eigenvalue weighted by Gasteiger charge is 2.49. The largest absolute Gasteiger partial charge is 0.481 e. The number of allylic oxidation sites excluding steroid dienone is 2. The third-order valence-electron chi connectivity index (χ3n) is 5.53. The molecule has 2 aromatic heterocycles. The number of methoxy groups -OCH3 is 1. The fourth-order valence-corrected chi connectivity index (χ4v) is 5.30. The Kier molecular flexibility index (Phi) is 7.50. The Labute approximate surface area is 194 Å². The molecule has 0 aliphatic heterocycles. The number of ether oxygens (including phenoxy) is 1. The number of sulfonamides is 1. The molecule has 2 unspecified atom stereocenters. The smallest absolute Gasteiger partial charge is 0.270 e. The molecule has 1 amide bonds. The summed E-state index contributed by atoms with van der Waals surface area (Å²) in [6.45, 7) is 3.56. The van der Waals surface area contributed by atoms with E-state index in [9.17, 15) is 18.3 Å². The molecule has 1 N–H and O–H groups in total. The molecule has 1 aliphatic carbocycles. The van der Waals surface area contributed by atoms with Crippen LogP contribution < -0.4 is 9.04 Å². The summed E-state index contributed by atoms with van der Waals surface area (Å²) in [6.07, 6.45) is 10.6. The van der Waals surface area contributed by atoms with Crippen molar-refractivity contribution in [3.05, 3.63) is 72.7 Å². The van der Waals surface area contributed by atoms with Crippen molar-refractivity contribution in [1.29, 1.82) is 0 Å². The van der Waals surface area contributed by atoms with Crippen molar-refractivity contribution >= 4 is 21.6 Å². The van der Waals surface area contributed by atoms with Crippen LogP contribution in [0, 0.1) is 5.92 Å². The van der Waals surface area contributed by atoms with Crippen LogP contribution in [0.1, 0.15) is 19.4 Å². The second kappa shape index (κ2) is 10.1. The quantitative estimate of drug-likeness (QED) is 0.595. The van der Waals surface area contributed by atoms with Crippen LogP contribution in [0.25, 0.3) is 0 Å². The number of likely N-dealkylation sites (N-methyl/N-ethyl adjacent to an activating group) is 1. The lowest BCUT2D eigenvalue weighted by Crippen LogP contribution is -2.54. The average molecular weight is 473 g/mol. The molecule has 3 rings (SSSR count). The maximum atomic E-state index is 13.7. The van der Waals surface area contributed by atoms with E-state index in [1.54, 1.807) is 37.5 Å². The molecule has 2 atom stereocenters. The molecule has 0 aromatic carbocycles. The summed E-state index contributed by atoms with van der Waals surface area (Å²) < 4.78 is 33.4. The minimum atomic E-state index is -4.44. The first kappa shape index (κ1) is 24.4. The highest BCUT2D eigenvalue weighted by atomic mass is 32.2. The maximum Gasteiger partial charge on any atom is 0.270 e. The second-order valence-corrected chi connectivity index (χ2v) is 9.67. The van der Waals surface area contributed by atoms with Gasteiger partial charge in [-0.25, -0.2) is 13.4 Å². The lowest BCUT2D eigenvalue weighted by Gasteiger charge is -2.37. The van der Waals surface area contributed by atoms with E-state index in [0.717, 1.165) is 9.87 Å². The molecule has 0 fully saturated rings. The normalized spacial score (nSPS) is 19.8. The van der Waals surface area contributed by atoms with E-state index in [1.165, 1.54) is 42.5 Å². The van der Waals surface area contributed by atoms with Crippen LogP contribution in [0.4, 0.5) is 5.69 Å². The first-order valence-corrected chi connectivity index (χ1v) is 11.9. The number of rotatable bonds is 9. The number of aromatic nitrogens is 2. The Morgan fingerprint density at radius 3 is 2.61 bits per heavy atom. The van der Waals surface area contributed by atoms with E-state index in [2.05, 4.69) is 9.97 Å². The van der Waals surface area contributed by atoms with Crippen LogP contribution in [0.3, 0.4) is 0 Å². The van der Waals surface area contributed by atoms with Crippen LogP contribution >= 0.6 is 0 Å². The molecule has 2 aromatic rings. The number of aliphatic hydroxyl groups is 1. The lowest BCUT2D eigenvalue weighted by atomic mass is 9.99. The van der Waals surface area contributed by atoms with Crippen molar-refractivity contribution in [1.82, 2.24) is 14.9 Å². The van der Waals surface area contributed by atoms with E-state index in [4.69, 9.17) is 4.74 Å². The summed E-state index contributed by atoms with van der Waals surface area (Å²) in [6, 6.07) is 6.60. The number of amides is 1. The number of pyridine rings is 2. The van der Waals surface area contributed by atoms with E-state index in [0.29, 0.717) is 12.4 Å². The van der Waals surface area contributed by atoms with Gasteiger partial charge in [-0.05, 0) is 30.7 Å². The summed E-state index contributed by atoms with van der Waals surface area (Å²) in [5.41, 5.74) is 0.964. The number of carbonyl (C=O) groups excluding carboxylic acids is 1. The minimum Gasteiger partial charge on any atom is -0.481 e. The van der Waals surface area contributed by atoms with Crippen molar-refractivity contribution in [2.24, 2.45) is 5.92 Å². The molecule has 0 saturated carbocycles. The Morgan fingerprint density at radius 2 is 2.03 bits per heavy atom. The molecule has 10 heteroatoms. The van der Waals surface area contributed by atoms with E-state index in [-0.39, 0.29) is 12.2 Å². The highest BCUT2D eigenvalue weighted by Crippen LogP contribution is 2.35. The van der Waals surface area contributed by atoms with Gasteiger partial charge in [0.15, 0.2) is 0 Å². The molecule has 0 radical (unpaired) electrons. The molecular formula is C23H28N4O5S. The number of nitrogens with zero attached hydrogens (tertiary/aromatic N) is 4. The SMILES string of the molecule is CCN(Cc1cccnc1)C(=O)CN(c1ccc(OC)nc1)S(=O)(=O)C1(O)C=CC=CC1C. The van der Waals surface area contributed by atoms with Gasteiger partial charge in [0.05, 0.1) is 19.0 Å². The topological polar surface area (TPSA) is 113 Å². The van der Waals surface area contributed by atoms with Gasteiger partial charge in [0.25, 0.3) is 10.0 Å².